The summed E-state index contributed by atoms with van der Waals surface area (Å²) in [6.45, 7) is 3.85. The van der Waals surface area contributed by atoms with Crippen molar-refractivity contribution in [1.82, 2.24) is 10.2 Å². The number of furan rings is 1. The van der Waals surface area contributed by atoms with Gasteiger partial charge in [-0.05, 0) is 48.1 Å². The van der Waals surface area contributed by atoms with Crippen LogP contribution in [0, 0.1) is 0 Å². The smallest absolute Gasteiger partial charge is 0.265 e. The monoisotopic (exact) mass is 428 g/mol. The molecule has 3 rings (SSSR count). The highest BCUT2D eigenvalue weighted by atomic mass is 32.2. The van der Waals surface area contributed by atoms with E-state index in [9.17, 15) is 9.59 Å². The Kier molecular flexibility index (Phi) is 6.90. The van der Waals surface area contributed by atoms with Crippen molar-refractivity contribution in [2.45, 2.75) is 11.5 Å². The maximum atomic E-state index is 12.7. The molecular weight excluding hydrogens is 408 g/mol. The van der Waals surface area contributed by atoms with Crippen LogP contribution in [-0.4, -0.2) is 35.5 Å². The first-order valence-electron chi connectivity index (χ1n) is 8.80. The summed E-state index contributed by atoms with van der Waals surface area (Å²) in [5.74, 6) is 2.11. The number of carbonyl (C=O) groups excluding carboxylic acids is 2. The number of thioether (sulfide) groups is 1. The van der Waals surface area contributed by atoms with Crippen LogP contribution in [0.1, 0.15) is 16.9 Å². The lowest BCUT2D eigenvalue weighted by Crippen LogP contribution is -2.53. The maximum Gasteiger partial charge on any atom is 0.265 e. The molecule has 2 heterocycles. The highest BCUT2D eigenvalue weighted by Crippen LogP contribution is 2.27. The predicted octanol–water partition coefficient (Wildman–Crippen LogP) is 3.53. The van der Waals surface area contributed by atoms with E-state index < -0.39 is 11.8 Å². The first-order valence-corrected chi connectivity index (χ1v) is 10.4. The Morgan fingerprint density at radius 2 is 2.14 bits per heavy atom. The van der Waals surface area contributed by atoms with E-state index >= 15 is 0 Å². The first kappa shape index (κ1) is 20.9. The van der Waals surface area contributed by atoms with Crippen molar-refractivity contribution in [2.24, 2.45) is 0 Å². The predicted molar refractivity (Wildman–Crippen MR) is 117 cm³/mol. The molecule has 150 valence electrons. The summed E-state index contributed by atoms with van der Waals surface area (Å²) in [4.78, 5) is 26.3. The number of nitrogens with zero attached hydrogens (tertiary/aromatic N) is 1. The Bertz CT molecular complexity index is 967. The lowest BCUT2D eigenvalue weighted by Gasteiger charge is -2.27. The highest BCUT2D eigenvalue weighted by Gasteiger charge is 2.32. The van der Waals surface area contributed by atoms with E-state index in [1.165, 1.54) is 4.90 Å². The molecule has 0 unspecified atom stereocenters. The van der Waals surface area contributed by atoms with E-state index in [0.717, 1.165) is 28.4 Å². The quantitative estimate of drug-likeness (QED) is 0.300. The van der Waals surface area contributed by atoms with Crippen LogP contribution < -0.4 is 10.1 Å². The van der Waals surface area contributed by atoms with Crippen LogP contribution in [0.15, 0.2) is 59.2 Å². The fourth-order valence-electron chi connectivity index (χ4n) is 2.81. The van der Waals surface area contributed by atoms with Gasteiger partial charge in [-0.1, -0.05) is 12.1 Å². The van der Waals surface area contributed by atoms with Gasteiger partial charge in [-0.15, -0.1) is 18.3 Å². The average Bonchev–Trinajstić information content (AvgIpc) is 3.22. The normalized spacial score (nSPS) is 15.6. The molecule has 1 aromatic heterocycles. The number of hydrogen-bond donors (Lipinski definition) is 1. The SMILES string of the molecule is C=CCN1C(=O)/C(=C/c2ccc(OC)c(CSCc3ccco3)c2)C(=O)NC1=S. The molecule has 8 heteroatoms. The van der Waals surface area contributed by atoms with Gasteiger partial charge in [0.1, 0.15) is 17.1 Å². The van der Waals surface area contributed by atoms with Gasteiger partial charge < -0.3 is 9.15 Å². The third-order valence-electron chi connectivity index (χ3n) is 4.19. The van der Waals surface area contributed by atoms with E-state index in [0.29, 0.717) is 5.75 Å². The Balaban J connectivity index is 1.82. The first-order chi connectivity index (χ1) is 14.0. The molecule has 1 aromatic carbocycles. The molecular formula is C21H20N2O4S2. The Morgan fingerprint density at radius 3 is 2.83 bits per heavy atom. The van der Waals surface area contributed by atoms with E-state index in [1.807, 2.05) is 24.3 Å². The second-order valence-electron chi connectivity index (χ2n) is 6.17. The molecule has 0 atom stereocenters. The second kappa shape index (κ2) is 9.58. The summed E-state index contributed by atoms with van der Waals surface area (Å²) >= 11 is 6.75. The topological polar surface area (TPSA) is 71.8 Å². The number of nitrogens with one attached hydrogen (secondary N) is 1. The Hall–Kier alpha value is -2.84. The average molecular weight is 429 g/mol. The molecule has 0 radical (unpaired) electrons. The van der Waals surface area contributed by atoms with Crippen LogP contribution in [0.5, 0.6) is 5.75 Å². The van der Waals surface area contributed by atoms with Crippen LogP contribution in [0.2, 0.25) is 0 Å². The molecule has 1 aliphatic rings. The molecule has 1 fully saturated rings. The van der Waals surface area contributed by atoms with Gasteiger partial charge in [0.15, 0.2) is 5.11 Å². The summed E-state index contributed by atoms with van der Waals surface area (Å²) < 4.78 is 10.8. The molecule has 1 saturated heterocycles. The third kappa shape index (κ3) is 4.96. The van der Waals surface area contributed by atoms with Crippen molar-refractivity contribution >= 4 is 47.0 Å². The van der Waals surface area contributed by atoms with E-state index in [2.05, 4.69) is 11.9 Å². The number of amides is 2. The van der Waals surface area contributed by atoms with Gasteiger partial charge in [-0.3, -0.25) is 19.8 Å². The lowest BCUT2D eigenvalue weighted by molar-refractivity contribution is -0.128. The number of benzene rings is 1. The minimum absolute atomic E-state index is 0.0276. The summed E-state index contributed by atoms with van der Waals surface area (Å²) in [5, 5.41) is 2.63. The van der Waals surface area contributed by atoms with Crippen molar-refractivity contribution in [3.8, 4) is 5.75 Å². The maximum absolute atomic E-state index is 12.7. The fourth-order valence-corrected chi connectivity index (χ4v) is 3.98. The van der Waals surface area contributed by atoms with Crippen molar-refractivity contribution in [2.75, 3.05) is 13.7 Å². The van der Waals surface area contributed by atoms with Gasteiger partial charge in [0.25, 0.3) is 11.8 Å². The van der Waals surface area contributed by atoms with Crippen molar-refractivity contribution in [3.05, 3.63) is 71.7 Å². The summed E-state index contributed by atoms with van der Waals surface area (Å²) in [6.07, 6.45) is 4.77. The van der Waals surface area contributed by atoms with Crippen molar-refractivity contribution in [1.29, 1.82) is 0 Å². The van der Waals surface area contributed by atoms with Gasteiger partial charge in [0, 0.05) is 17.9 Å². The lowest BCUT2D eigenvalue weighted by atomic mass is 10.0. The number of hydrogen-bond acceptors (Lipinski definition) is 6. The standard InChI is InChI=1S/C21H20N2O4S2/c1-3-8-23-20(25)17(19(24)22-21(23)28)11-14-6-7-18(26-2)15(10-14)12-29-13-16-5-4-9-27-16/h3-7,9-11H,1,8,12-13H2,2H3,(H,22,24,28)/b17-11+. The molecule has 0 spiro atoms. The minimum atomic E-state index is -0.509. The van der Waals surface area contributed by atoms with Gasteiger partial charge in [0.05, 0.1) is 19.1 Å². The van der Waals surface area contributed by atoms with E-state index in [-0.39, 0.29) is 17.2 Å². The third-order valence-corrected chi connectivity index (χ3v) is 5.52. The van der Waals surface area contributed by atoms with Crippen LogP contribution in [-0.2, 0) is 21.1 Å². The van der Waals surface area contributed by atoms with Crippen molar-refractivity contribution < 1.29 is 18.7 Å². The van der Waals surface area contributed by atoms with Crippen LogP contribution in [0.4, 0.5) is 0 Å². The van der Waals surface area contributed by atoms with Gasteiger partial charge in [-0.25, -0.2) is 0 Å². The molecule has 1 N–H and O–H groups in total. The number of thiocarbonyl (C=S) groups is 1. The molecule has 0 saturated carbocycles. The van der Waals surface area contributed by atoms with E-state index in [1.54, 1.807) is 43.4 Å². The zero-order chi connectivity index (χ0) is 20.8. The molecule has 6 nitrogen and oxygen atoms in total. The number of rotatable bonds is 8. The van der Waals surface area contributed by atoms with Crippen LogP contribution in [0.25, 0.3) is 6.08 Å². The molecule has 1 aliphatic heterocycles. The second-order valence-corrected chi connectivity index (χ2v) is 7.54. The molecule has 0 aliphatic carbocycles. The molecule has 29 heavy (non-hydrogen) atoms. The molecule has 0 bridgehead atoms. The van der Waals surface area contributed by atoms with Crippen molar-refractivity contribution in [3.63, 3.8) is 0 Å². The number of carbonyl (C=O) groups is 2. The Morgan fingerprint density at radius 1 is 1.31 bits per heavy atom. The van der Waals surface area contributed by atoms with E-state index in [4.69, 9.17) is 21.4 Å². The number of methoxy groups -OCH3 is 1. The summed E-state index contributed by atoms with van der Waals surface area (Å²) in [7, 11) is 1.61. The van der Waals surface area contributed by atoms with Gasteiger partial charge in [0.2, 0.25) is 0 Å². The summed E-state index contributed by atoms with van der Waals surface area (Å²) in [5.41, 5.74) is 1.71. The Labute approximate surface area is 178 Å². The minimum Gasteiger partial charge on any atom is -0.496 e. The van der Waals surface area contributed by atoms with Crippen LogP contribution >= 0.6 is 24.0 Å². The zero-order valence-corrected chi connectivity index (χ0v) is 17.5. The molecule has 2 amide bonds. The molecule has 2 aromatic rings. The number of ether oxygens (including phenoxy) is 1. The zero-order valence-electron chi connectivity index (χ0n) is 15.8. The van der Waals surface area contributed by atoms with Gasteiger partial charge >= 0.3 is 0 Å². The van der Waals surface area contributed by atoms with Crippen LogP contribution in [0.3, 0.4) is 0 Å². The fraction of sp³-hybridized carbons (Fsp3) is 0.190. The van der Waals surface area contributed by atoms with Gasteiger partial charge in [-0.2, -0.15) is 0 Å². The highest BCUT2D eigenvalue weighted by molar-refractivity contribution is 7.97. The summed E-state index contributed by atoms with van der Waals surface area (Å²) in [6, 6.07) is 9.32. The largest absolute Gasteiger partial charge is 0.496 e.